The molecule has 0 bridgehead atoms. The predicted molar refractivity (Wildman–Crippen MR) is 53.0 cm³/mol. The van der Waals surface area contributed by atoms with Crippen molar-refractivity contribution in [2.45, 2.75) is 6.92 Å². The van der Waals surface area contributed by atoms with Crippen LogP contribution in [0, 0.1) is 0 Å². The Morgan fingerprint density at radius 2 is 1.67 bits per heavy atom. The third kappa shape index (κ3) is 11.6. The van der Waals surface area contributed by atoms with Crippen molar-refractivity contribution in [2.24, 2.45) is 0 Å². The summed E-state index contributed by atoms with van der Waals surface area (Å²) in [4.78, 5) is 0. The monoisotopic (exact) mass is 184 g/mol. The topological polar surface area (TPSA) is 37.3 Å². The van der Waals surface area contributed by atoms with Crippen LogP contribution in [0.4, 0.5) is 0 Å². The Morgan fingerprint density at radius 1 is 1.33 bits per heavy atom. The first-order chi connectivity index (χ1) is 5.81. The lowest BCUT2D eigenvalue weighted by atomic mass is 10.3. The fourth-order valence-corrected chi connectivity index (χ4v) is 0.428. The maximum Gasteiger partial charge on any atom is 0.138 e. The van der Waals surface area contributed by atoms with Crippen molar-refractivity contribution in [3.63, 3.8) is 0 Å². The summed E-state index contributed by atoms with van der Waals surface area (Å²) in [6, 6.07) is 8.71. The summed E-state index contributed by atoms with van der Waals surface area (Å²) in [5, 5.41) is 8.63. The van der Waals surface area contributed by atoms with Gasteiger partial charge in [0, 0.05) is 0 Å². The molecule has 3 heteroatoms. The molecular formula is C9H13O2P. The van der Waals surface area contributed by atoms with Crippen LogP contribution in [0.5, 0.6) is 5.75 Å². The Morgan fingerprint density at radius 3 is 1.83 bits per heavy atom. The highest BCUT2D eigenvalue weighted by Gasteiger charge is 1.74. The molecule has 0 heterocycles. The van der Waals surface area contributed by atoms with Crippen molar-refractivity contribution < 1.29 is 9.67 Å². The average Bonchev–Trinajstić information content (AvgIpc) is 2.11. The van der Waals surface area contributed by atoms with Crippen molar-refractivity contribution in [2.75, 3.05) is 0 Å². The van der Waals surface area contributed by atoms with E-state index in [9.17, 15) is 0 Å². The first kappa shape index (κ1) is 13.4. The van der Waals surface area contributed by atoms with Crippen LogP contribution in [0.3, 0.4) is 0 Å². The summed E-state index contributed by atoms with van der Waals surface area (Å²) in [5.74, 6) is 0.322. The Hall–Kier alpha value is -1.14. The van der Waals surface area contributed by atoms with Gasteiger partial charge < -0.3 is 5.11 Å². The normalized spacial score (nSPS) is 6.42. The van der Waals surface area contributed by atoms with Crippen LogP contribution in [0.25, 0.3) is 0 Å². The van der Waals surface area contributed by atoms with Crippen molar-refractivity contribution >= 4 is 9.12 Å². The predicted octanol–water partition coefficient (Wildman–Crippen LogP) is 3.06. The third-order valence-electron chi connectivity index (χ3n) is 0.756. The zero-order chi connectivity index (χ0) is 9.82. The molecule has 12 heavy (non-hydrogen) atoms. The fraction of sp³-hybridized carbons (Fsp3) is 0.111. The second-order valence-electron chi connectivity index (χ2n) is 1.74. The highest BCUT2D eigenvalue weighted by atomic mass is 31.0. The summed E-state index contributed by atoms with van der Waals surface area (Å²) < 4.78 is 8.06. The van der Waals surface area contributed by atoms with Gasteiger partial charge in [0.2, 0.25) is 0 Å². The lowest BCUT2D eigenvalue weighted by Gasteiger charge is -1.82. The summed E-state index contributed by atoms with van der Waals surface area (Å²) in [5.41, 5.74) is 0. The fourth-order valence-electron chi connectivity index (χ4n) is 0.428. The summed E-state index contributed by atoms with van der Waals surface area (Å²) in [6.07, 6.45) is 1.75. The van der Waals surface area contributed by atoms with E-state index in [1.54, 1.807) is 39.5 Å². The number of phenolic OH excluding ortho intramolecular Hbond substituents is 1. The van der Waals surface area contributed by atoms with Crippen LogP contribution in [0.2, 0.25) is 0 Å². The largest absolute Gasteiger partial charge is 0.508 e. The van der Waals surface area contributed by atoms with Gasteiger partial charge in [-0.25, -0.2) is 0 Å². The number of benzene rings is 1. The molecule has 0 atom stereocenters. The number of para-hydroxylation sites is 1. The van der Waals surface area contributed by atoms with Crippen LogP contribution in [-0.4, -0.2) is 5.11 Å². The lowest BCUT2D eigenvalue weighted by Crippen LogP contribution is -1.56. The van der Waals surface area contributed by atoms with Crippen LogP contribution in [0.15, 0.2) is 43.0 Å². The van der Waals surface area contributed by atoms with Crippen LogP contribution < -0.4 is 0 Å². The molecule has 1 aromatic carbocycles. The minimum atomic E-state index is 0.322. The van der Waals surface area contributed by atoms with E-state index in [4.69, 9.17) is 9.67 Å². The molecule has 0 saturated carbocycles. The van der Waals surface area contributed by atoms with Gasteiger partial charge in [-0.2, -0.15) is 0 Å². The zero-order valence-electron chi connectivity index (χ0n) is 7.03. The Kier molecular flexibility index (Phi) is 14.0. The number of aromatic hydroxyl groups is 1. The molecule has 0 radical (unpaired) electrons. The van der Waals surface area contributed by atoms with Gasteiger partial charge in [0.15, 0.2) is 0 Å². The quantitative estimate of drug-likeness (QED) is 0.497. The van der Waals surface area contributed by atoms with Gasteiger partial charge in [0.05, 0.1) is 0 Å². The molecule has 2 nitrogen and oxygen atoms in total. The van der Waals surface area contributed by atoms with E-state index in [1.807, 2.05) is 13.0 Å². The number of rotatable bonds is 0. The molecule has 0 fully saturated rings. The molecule has 0 amide bonds. The molecule has 0 aliphatic rings. The minimum Gasteiger partial charge on any atom is -0.508 e. The number of hydrogen-bond acceptors (Lipinski definition) is 2. The summed E-state index contributed by atoms with van der Waals surface area (Å²) >= 11 is 0. The average molecular weight is 184 g/mol. The summed E-state index contributed by atoms with van der Waals surface area (Å²) in [7, 11) is 1.72. The van der Waals surface area contributed by atoms with E-state index in [0.29, 0.717) is 5.75 Å². The molecule has 1 aromatic rings. The van der Waals surface area contributed by atoms with Crippen molar-refractivity contribution in [3.05, 3.63) is 43.0 Å². The maximum atomic E-state index is 8.63. The van der Waals surface area contributed by atoms with Crippen LogP contribution >= 0.6 is 9.12 Å². The van der Waals surface area contributed by atoms with Gasteiger partial charge in [0.1, 0.15) is 14.9 Å². The molecule has 1 N–H and O–H groups in total. The third-order valence-corrected chi connectivity index (χ3v) is 0.756. The van der Waals surface area contributed by atoms with Crippen LogP contribution in [0.1, 0.15) is 6.92 Å². The molecule has 1 rings (SSSR count). The van der Waals surface area contributed by atoms with Gasteiger partial charge in [-0.15, -0.1) is 6.58 Å². The van der Waals surface area contributed by atoms with Crippen molar-refractivity contribution in [1.29, 1.82) is 0 Å². The number of hydrogen-bond donors (Lipinski definition) is 1. The van der Waals surface area contributed by atoms with Gasteiger partial charge >= 0.3 is 0 Å². The molecule has 66 valence electrons. The van der Waals surface area contributed by atoms with Crippen molar-refractivity contribution in [3.8, 4) is 5.75 Å². The van der Waals surface area contributed by atoms with Gasteiger partial charge in [-0.05, 0) is 19.1 Å². The molecule has 0 unspecified atom stereocenters. The maximum absolute atomic E-state index is 8.63. The van der Waals surface area contributed by atoms with E-state index in [2.05, 4.69) is 6.58 Å². The second kappa shape index (κ2) is 12.5. The molecular weight excluding hydrogens is 171 g/mol. The Balaban J connectivity index is 0. The molecule has 0 aliphatic heterocycles. The first-order valence-corrected chi connectivity index (χ1v) is 3.73. The van der Waals surface area contributed by atoms with E-state index in [0.717, 1.165) is 0 Å². The zero-order valence-corrected chi connectivity index (χ0v) is 8.03. The minimum absolute atomic E-state index is 0.322. The second-order valence-corrected chi connectivity index (χ2v) is 1.74. The van der Waals surface area contributed by atoms with Crippen LogP contribution in [-0.2, 0) is 4.57 Å². The SMILES string of the molecule is C=CC.O=P.Oc1ccccc1. The van der Waals surface area contributed by atoms with E-state index in [1.165, 1.54) is 0 Å². The summed E-state index contributed by atoms with van der Waals surface area (Å²) in [6.45, 7) is 5.25. The Bertz CT molecular complexity index is 187. The van der Waals surface area contributed by atoms with E-state index >= 15 is 0 Å². The number of allylic oxidation sites excluding steroid dienone is 1. The molecule has 0 spiro atoms. The highest BCUT2D eigenvalue weighted by molar-refractivity contribution is 7.00. The molecule has 0 aromatic heterocycles. The van der Waals surface area contributed by atoms with Gasteiger partial charge in [0.25, 0.3) is 0 Å². The van der Waals surface area contributed by atoms with E-state index in [-0.39, 0.29) is 0 Å². The molecule has 0 saturated heterocycles. The van der Waals surface area contributed by atoms with Crippen molar-refractivity contribution in [1.82, 2.24) is 0 Å². The highest BCUT2D eigenvalue weighted by Crippen LogP contribution is 2.02. The standard InChI is InChI=1S/C6H6O.C3H6.HOP/c7-6-4-2-1-3-5-6;1-3-2;1-2/h1-5,7H;3H,1H2,2H3;2H. The smallest absolute Gasteiger partial charge is 0.138 e. The first-order valence-electron chi connectivity index (χ1n) is 3.32. The lowest BCUT2D eigenvalue weighted by molar-refractivity contribution is 0.475. The van der Waals surface area contributed by atoms with Gasteiger partial charge in [-0.3, -0.25) is 4.57 Å². The Labute approximate surface area is 75.2 Å². The number of phenols is 1. The molecule has 0 aliphatic carbocycles. The van der Waals surface area contributed by atoms with E-state index < -0.39 is 0 Å². The van der Waals surface area contributed by atoms with Gasteiger partial charge in [-0.1, -0.05) is 24.3 Å².